The molecule has 0 aliphatic rings. The standard InChI is InChI=1S/C18H17ClN2O2S/c1-13-7-8-14(2)21(13)15-9-11-16(12-10-15)24(22,23)20-18-6-4-3-5-17(18)19/h3-12,20H,1-2H3. The van der Waals surface area contributed by atoms with Crippen molar-refractivity contribution in [2.75, 3.05) is 4.72 Å². The van der Waals surface area contributed by atoms with Gasteiger partial charge in [-0.05, 0) is 62.4 Å². The minimum absolute atomic E-state index is 0.189. The third kappa shape index (κ3) is 3.18. The molecule has 0 fully saturated rings. The molecule has 3 aromatic rings. The molecule has 3 rings (SSSR count). The van der Waals surface area contributed by atoms with Crippen LogP contribution in [0.5, 0.6) is 0 Å². The SMILES string of the molecule is Cc1ccc(C)n1-c1ccc(S(=O)(=O)Nc2ccccc2Cl)cc1. The molecule has 2 aromatic carbocycles. The van der Waals surface area contributed by atoms with Gasteiger partial charge in [0.2, 0.25) is 0 Å². The highest BCUT2D eigenvalue weighted by atomic mass is 35.5. The first-order chi connectivity index (χ1) is 11.4. The zero-order valence-electron chi connectivity index (χ0n) is 13.3. The molecule has 124 valence electrons. The molecule has 0 saturated carbocycles. The predicted molar refractivity (Wildman–Crippen MR) is 97.5 cm³/mol. The molecular weight excluding hydrogens is 344 g/mol. The lowest BCUT2D eigenvalue weighted by Crippen LogP contribution is -2.13. The summed E-state index contributed by atoms with van der Waals surface area (Å²) in [6.07, 6.45) is 0. The molecule has 1 heterocycles. The van der Waals surface area contributed by atoms with Crippen LogP contribution in [0.2, 0.25) is 5.02 Å². The fraction of sp³-hybridized carbons (Fsp3) is 0.111. The van der Waals surface area contributed by atoms with Crippen LogP contribution in [0.4, 0.5) is 5.69 Å². The van der Waals surface area contributed by atoms with Crippen molar-refractivity contribution in [3.8, 4) is 5.69 Å². The Bertz CT molecular complexity index is 957. The maximum absolute atomic E-state index is 12.5. The van der Waals surface area contributed by atoms with Gasteiger partial charge in [-0.1, -0.05) is 23.7 Å². The highest BCUT2D eigenvalue weighted by Gasteiger charge is 2.16. The Hall–Kier alpha value is -2.24. The molecule has 0 amide bonds. The largest absolute Gasteiger partial charge is 0.319 e. The van der Waals surface area contributed by atoms with E-state index in [1.807, 2.05) is 26.0 Å². The Morgan fingerprint density at radius 3 is 2.04 bits per heavy atom. The number of aromatic nitrogens is 1. The molecule has 1 N–H and O–H groups in total. The fourth-order valence-electron chi connectivity index (χ4n) is 2.60. The van der Waals surface area contributed by atoms with Gasteiger partial charge in [0, 0.05) is 17.1 Å². The Morgan fingerprint density at radius 2 is 1.46 bits per heavy atom. The Kier molecular flexibility index (Phi) is 4.39. The van der Waals surface area contributed by atoms with Gasteiger partial charge in [-0.15, -0.1) is 0 Å². The van der Waals surface area contributed by atoms with E-state index in [-0.39, 0.29) is 4.90 Å². The van der Waals surface area contributed by atoms with Gasteiger partial charge in [-0.25, -0.2) is 8.42 Å². The summed E-state index contributed by atoms with van der Waals surface area (Å²) in [4.78, 5) is 0.189. The summed E-state index contributed by atoms with van der Waals surface area (Å²) in [7, 11) is -3.69. The number of hydrogen-bond donors (Lipinski definition) is 1. The molecule has 4 nitrogen and oxygen atoms in total. The van der Waals surface area contributed by atoms with Crippen molar-refractivity contribution in [2.45, 2.75) is 18.7 Å². The minimum atomic E-state index is -3.69. The van der Waals surface area contributed by atoms with Gasteiger partial charge in [-0.3, -0.25) is 4.72 Å². The fourth-order valence-corrected chi connectivity index (χ4v) is 3.92. The number of rotatable bonds is 4. The zero-order valence-corrected chi connectivity index (χ0v) is 14.9. The van der Waals surface area contributed by atoms with Gasteiger partial charge in [0.15, 0.2) is 0 Å². The third-order valence-corrected chi connectivity index (χ3v) is 5.51. The first-order valence-electron chi connectivity index (χ1n) is 7.41. The Morgan fingerprint density at radius 1 is 0.875 bits per heavy atom. The quantitative estimate of drug-likeness (QED) is 0.742. The first kappa shape index (κ1) is 16.6. The van der Waals surface area contributed by atoms with Gasteiger partial charge in [0.25, 0.3) is 10.0 Å². The predicted octanol–water partition coefficient (Wildman–Crippen LogP) is 4.55. The van der Waals surface area contributed by atoms with Crippen LogP contribution in [-0.4, -0.2) is 13.0 Å². The average molecular weight is 361 g/mol. The number of hydrogen-bond acceptors (Lipinski definition) is 2. The van der Waals surface area contributed by atoms with Crippen molar-refractivity contribution in [1.82, 2.24) is 4.57 Å². The zero-order chi connectivity index (χ0) is 17.3. The van der Waals surface area contributed by atoms with Gasteiger partial charge >= 0.3 is 0 Å². The van der Waals surface area contributed by atoms with E-state index in [4.69, 9.17) is 11.6 Å². The summed E-state index contributed by atoms with van der Waals surface area (Å²) in [5, 5.41) is 0.358. The van der Waals surface area contributed by atoms with E-state index >= 15 is 0 Å². The van der Waals surface area contributed by atoms with Crippen LogP contribution in [0.3, 0.4) is 0 Å². The number of nitrogens with one attached hydrogen (secondary N) is 1. The topological polar surface area (TPSA) is 51.1 Å². The van der Waals surface area contributed by atoms with E-state index in [0.717, 1.165) is 17.1 Å². The highest BCUT2D eigenvalue weighted by molar-refractivity contribution is 7.92. The molecule has 0 unspecified atom stereocenters. The molecule has 1 aromatic heterocycles. The Balaban J connectivity index is 1.91. The lowest BCUT2D eigenvalue weighted by atomic mass is 10.3. The maximum Gasteiger partial charge on any atom is 0.261 e. The van der Waals surface area contributed by atoms with Crippen molar-refractivity contribution >= 4 is 27.3 Å². The molecule has 0 saturated heterocycles. The molecule has 0 radical (unpaired) electrons. The van der Waals surface area contributed by atoms with Gasteiger partial charge in [-0.2, -0.15) is 0 Å². The number of nitrogens with zero attached hydrogens (tertiary/aromatic N) is 1. The summed E-state index contributed by atoms with van der Waals surface area (Å²) in [5.74, 6) is 0. The van der Waals surface area contributed by atoms with Crippen molar-refractivity contribution in [3.05, 3.63) is 77.1 Å². The number of benzene rings is 2. The van der Waals surface area contributed by atoms with Crippen LogP contribution in [-0.2, 0) is 10.0 Å². The first-order valence-corrected chi connectivity index (χ1v) is 9.27. The van der Waals surface area contributed by atoms with Crippen LogP contribution in [0, 0.1) is 13.8 Å². The second kappa shape index (κ2) is 6.34. The molecule has 6 heteroatoms. The summed E-state index contributed by atoms with van der Waals surface area (Å²) >= 11 is 6.02. The summed E-state index contributed by atoms with van der Waals surface area (Å²) < 4.78 is 29.6. The minimum Gasteiger partial charge on any atom is -0.319 e. The summed E-state index contributed by atoms with van der Waals surface area (Å²) in [6, 6.07) is 17.6. The molecule has 0 bridgehead atoms. The van der Waals surface area contributed by atoms with Crippen LogP contribution >= 0.6 is 11.6 Å². The molecule has 0 atom stereocenters. The number of sulfonamides is 1. The third-order valence-electron chi connectivity index (χ3n) is 3.79. The Labute approximate surface area is 146 Å². The molecular formula is C18H17ClN2O2S. The lowest BCUT2D eigenvalue weighted by Gasteiger charge is -2.12. The van der Waals surface area contributed by atoms with Crippen molar-refractivity contribution < 1.29 is 8.42 Å². The molecule has 0 spiro atoms. The van der Waals surface area contributed by atoms with E-state index < -0.39 is 10.0 Å². The highest BCUT2D eigenvalue weighted by Crippen LogP contribution is 2.25. The molecule has 24 heavy (non-hydrogen) atoms. The number of para-hydroxylation sites is 1. The van der Waals surface area contributed by atoms with Crippen molar-refractivity contribution in [2.24, 2.45) is 0 Å². The molecule has 0 aliphatic carbocycles. The van der Waals surface area contributed by atoms with Gasteiger partial charge in [0.1, 0.15) is 0 Å². The second-order valence-electron chi connectivity index (χ2n) is 5.53. The lowest BCUT2D eigenvalue weighted by molar-refractivity contribution is 0.601. The molecule has 0 aliphatic heterocycles. The number of anilines is 1. The van der Waals surface area contributed by atoms with Gasteiger partial charge in [0.05, 0.1) is 15.6 Å². The summed E-state index contributed by atoms with van der Waals surface area (Å²) in [6.45, 7) is 4.02. The van der Waals surface area contributed by atoms with E-state index in [2.05, 4.69) is 9.29 Å². The van der Waals surface area contributed by atoms with Crippen molar-refractivity contribution in [1.29, 1.82) is 0 Å². The van der Waals surface area contributed by atoms with Crippen LogP contribution in [0.15, 0.2) is 65.6 Å². The van der Waals surface area contributed by atoms with E-state index in [1.54, 1.807) is 48.5 Å². The maximum atomic E-state index is 12.5. The van der Waals surface area contributed by atoms with Crippen LogP contribution in [0.1, 0.15) is 11.4 Å². The smallest absolute Gasteiger partial charge is 0.261 e. The normalized spacial score (nSPS) is 11.5. The van der Waals surface area contributed by atoms with Crippen LogP contribution in [0.25, 0.3) is 5.69 Å². The van der Waals surface area contributed by atoms with Crippen LogP contribution < -0.4 is 4.72 Å². The number of aryl methyl sites for hydroxylation is 2. The summed E-state index contributed by atoms with van der Waals surface area (Å²) in [5.41, 5.74) is 3.47. The van der Waals surface area contributed by atoms with E-state index in [0.29, 0.717) is 10.7 Å². The monoisotopic (exact) mass is 360 g/mol. The van der Waals surface area contributed by atoms with E-state index in [1.165, 1.54) is 0 Å². The van der Waals surface area contributed by atoms with E-state index in [9.17, 15) is 8.42 Å². The number of halogens is 1. The second-order valence-corrected chi connectivity index (χ2v) is 7.62. The van der Waals surface area contributed by atoms with Crippen molar-refractivity contribution in [3.63, 3.8) is 0 Å². The average Bonchev–Trinajstić information content (AvgIpc) is 2.88. The van der Waals surface area contributed by atoms with Gasteiger partial charge < -0.3 is 4.57 Å².